The van der Waals surface area contributed by atoms with Crippen molar-refractivity contribution in [1.82, 2.24) is 9.80 Å². The molecule has 4 atom stereocenters. The molecule has 5 rings (SSSR count). The van der Waals surface area contributed by atoms with Crippen LogP contribution in [0, 0.1) is 17.2 Å². The zero-order valence-corrected chi connectivity index (χ0v) is 22.6. The number of rotatable bonds is 5. The number of carbonyl (C=O) groups excluding carboxylic acids is 2. The molecule has 0 spiro atoms. The molecule has 0 aromatic heterocycles. The lowest BCUT2D eigenvalue weighted by atomic mass is 9.56. The number of hydrogen-bond donors (Lipinski definition) is 6. The number of alkyl halides is 2. The zero-order chi connectivity index (χ0) is 29.6. The quantitative estimate of drug-likeness (QED) is 0.306. The number of nitrogens with zero attached hydrogens (tertiary/aromatic N) is 3. The van der Waals surface area contributed by atoms with Crippen molar-refractivity contribution < 1.29 is 38.8 Å². The first-order chi connectivity index (χ1) is 18.5. The molecule has 4 aliphatic rings. The lowest BCUT2D eigenvalue weighted by Gasteiger charge is -2.51. The number of likely N-dealkylation sites (N-methyl/N-ethyl adjacent to an activating group) is 1. The molecule has 0 bridgehead atoms. The van der Waals surface area contributed by atoms with Crippen molar-refractivity contribution >= 4 is 28.8 Å². The molecule has 1 amide bonds. The Morgan fingerprint density at radius 2 is 1.82 bits per heavy atom. The second-order valence-corrected chi connectivity index (χ2v) is 11.7. The van der Waals surface area contributed by atoms with Gasteiger partial charge in [-0.2, -0.15) is 0 Å². The molecule has 1 aromatic rings. The van der Waals surface area contributed by atoms with Crippen molar-refractivity contribution in [3.05, 3.63) is 39.7 Å². The molecule has 0 unspecified atom stereocenters. The van der Waals surface area contributed by atoms with Gasteiger partial charge in [-0.25, -0.2) is 8.78 Å². The highest BCUT2D eigenvalue weighted by Gasteiger charge is 2.63. The van der Waals surface area contributed by atoms with Gasteiger partial charge in [-0.05, 0) is 44.5 Å². The van der Waals surface area contributed by atoms with Crippen LogP contribution in [0.1, 0.15) is 23.1 Å². The highest BCUT2D eigenvalue weighted by molar-refractivity contribution is 6.34. The molecule has 1 aliphatic heterocycles. The monoisotopic (exact) mass is 561 g/mol. The number of ketones is 1. The van der Waals surface area contributed by atoms with Crippen molar-refractivity contribution in [1.29, 1.82) is 5.41 Å². The molecule has 1 saturated carbocycles. The number of Topliss-reactive ketones (excluding diaryl/α,β-unsaturated/α-hetero) is 1. The summed E-state index contributed by atoms with van der Waals surface area (Å²) in [5.41, 5.74) is 2.54. The molecule has 2 fully saturated rings. The SMILES string of the molecule is CN(C)c1cc(CN2CC(F)(F)C2)c(O)c2c1C[C@H]1C[C@H]3[C@H](N(C)C)C(O)=C(C(N)=O)C(=N)[C@@]3(O)C(=O)C1=C2O. The van der Waals surface area contributed by atoms with Crippen LogP contribution < -0.4 is 10.6 Å². The van der Waals surface area contributed by atoms with Crippen molar-refractivity contribution in [3.63, 3.8) is 0 Å². The first-order valence-electron chi connectivity index (χ1n) is 12.9. The number of aromatic hydroxyl groups is 1. The molecule has 0 radical (unpaired) electrons. The molecule has 1 saturated heterocycles. The number of aliphatic hydroxyl groups excluding tert-OH is 2. The van der Waals surface area contributed by atoms with Crippen LogP contribution in [0.15, 0.2) is 23.0 Å². The standard InChI is InChI=1S/C27H33F2N5O6/c1-32(2)15-7-12(8-34-9-26(28,29)10-34)20(35)17-13(15)5-11-6-14-19(33(3)4)22(37)18(25(31)39)23(30)27(14,40)24(38)16(11)21(17)36/h7,11,14,19,30,35-37,40H,5-6,8-10H2,1-4H3,(H2,31,39)/t11-,14-,19-,27+/m0/s1. The third-order valence-electron chi connectivity index (χ3n) is 8.62. The van der Waals surface area contributed by atoms with E-state index < -0.39 is 77.0 Å². The molecule has 40 heavy (non-hydrogen) atoms. The van der Waals surface area contributed by atoms with E-state index in [4.69, 9.17) is 11.1 Å². The number of hydrogen-bond acceptors (Lipinski definition) is 10. The van der Waals surface area contributed by atoms with Crippen LogP contribution >= 0.6 is 0 Å². The van der Waals surface area contributed by atoms with E-state index in [0.29, 0.717) is 11.3 Å². The predicted molar refractivity (Wildman–Crippen MR) is 142 cm³/mol. The van der Waals surface area contributed by atoms with Gasteiger partial charge in [-0.3, -0.25) is 19.4 Å². The number of fused-ring (bicyclic) bond motifs is 3. The van der Waals surface area contributed by atoms with E-state index in [1.807, 2.05) is 0 Å². The number of anilines is 1. The van der Waals surface area contributed by atoms with Gasteiger partial charge in [0.15, 0.2) is 5.60 Å². The lowest BCUT2D eigenvalue weighted by molar-refractivity contribution is -0.138. The number of phenols is 1. The molecule has 1 heterocycles. The highest BCUT2D eigenvalue weighted by atomic mass is 19.3. The summed E-state index contributed by atoms with van der Waals surface area (Å²) in [4.78, 5) is 31.0. The number of halogens is 2. The van der Waals surface area contributed by atoms with Gasteiger partial charge in [0.25, 0.3) is 11.8 Å². The summed E-state index contributed by atoms with van der Waals surface area (Å²) in [6.45, 7) is -0.954. The first-order valence-corrected chi connectivity index (χ1v) is 12.9. The fraction of sp³-hybridized carbons (Fsp3) is 0.519. The summed E-state index contributed by atoms with van der Waals surface area (Å²) in [5.74, 6) is -8.15. The Labute approximate surface area is 229 Å². The van der Waals surface area contributed by atoms with E-state index in [2.05, 4.69) is 0 Å². The van der Waals surface area contributed by atoms with E-state index in [1.54, 1.807) is 39.2 Å². The van der Waals surface area contributed by atoms with Crippen LogP contribution in [-0.2, 0) is 22.6 Å². The van der Waals surface area contributed by atoms with E-state index >= 15 is 0 Å². The number of benzene rings is 1. The van der Waals surface area contributed by atoms with Crippen molar-refractivity contribution in [2.45, 2.75) is 37.0 Å². The molecular weight excluding hydrogens is 528 g/mol. The third kappa shape index (κ3) is 3.82. The van der Waals surface area contributed by atoms with Crippen molar-refractivity contribution in [2.75, 3.05) is 46.2 Å². The Morgan fingerprint density at radius 3 is 2.35 bits per heavy atom. The van der Waals surface area contributed by atoms with E-state index in [0.717, 1.165) is 0 Å². The second kappa shape index (κ2) is 8.98. The van der Waals surface area contributed by atoms with Crippen molar-refractivity contribution in [2.24, 2.45) is 17.6 Å². The van der Waals surface area contributed by atoms with E-state index in [-0.39, 0.29) is 41.8 Å². The number of aliphatic hydroxyl groups is 3. The maximum atomic E-state index is 14.0. The number of carbonyl (C=O) groups is 2. The van der Waals surface area contributed by atoms with Gasteiger partial charge in [0, 0.05) is 43.4 Å². The molecule has 216 valence electrons. The first kappa shape index (κ1) is 28.0. The van der Waals surface area contributed by atoms with Gasteiger partial charge in [-0.15, -0.1) is 0 Å². The highest BCUT2D eigenvalue weighted by Crippen LogP contribution is 2.53. The summed E-state index contributed by atoms with van der Waals surface area (Å²) in [6.07, 6.45) is 0.234. The van der Waals surface area contributed by atoms with Gasteiger partial charge < -0.3 is 36.5 Å². The Bertz CT molecular complexity index is 1410. The van der Waals surface area contributed by atoms with Crippen LogP contribution in [0.4, 0.5) is 14.5 Å². The fourth-order valence-electron chi connectivity index (χ4n) is 6.88. The minimum absolute atomic E-state index is 0.0112. The van der Waals surface area contributed by atoms with Crippen LogP contribution in [0.3, 0.4) is 0 Å². The van der Waals surface area contributed by atoms with Crippen molar-refractivity contribution in [3.8, 4) is 5.75 Å². The molecular formula is C27H33F2N5O6. The summed E-state index contributed by atoms with van der Waals surface area (Å²) < 4.78 is 26.9. The van der Waals surface area contributed by atoms with Crippen LogP contribution in [0.2, 0.25) is 0 Å². The summed E-state index contributed by atoms with van der Waals surface area (Å²) in [7, 11) is 6.70. The predicted octanol–water partition coefficient (Wildman–Crippen LogP) is 0.932. The molecule has 1 aromatic carbocycles. The largest absolute Gasteiger partial charge is 0.510 e. The van der Waals surface area contributed by atoms with E-state index in [1.165, 1.54) is 9.80 Å². The molecule has 13 heteroatoms. The Morgan fingerprint density at radius 1 is 1.20 bits per heavy atom. The maximum Gasteiger partial charge on any atom is 0.272 e. The topological polar surface area (TPSA) is 175 Å². The van der Waals surface area contributed by atoms with E-state index in [9.17, 15) is 38.8 Å². The van der Waals surface area contributed by atoms with Gasteiger partial charge >= 0.3 is 0 Å². The Hall–Kier alpha value is -3.55. The lowest BCUT2D eigenvalue weighted by Crippen LogP contribution is -2.67. The number of amides is 1. The third-order valence-corrected chi connectivity index (χ3v) is 8.62. The minimum atomic E-state index is -2.81. The summed E-state index contributed by atoms with van der Waals surface area (Å²) >= 11 is 0. The Kier molecular flexibility index (Phi) is 6.28. The average molecular weight is 562 g/mol. The van der Waals surface area contributed by atoms with Gasteiger partial charge in [0.05, 0.1) is 30.4 Å². The molecule has 3 aliphatic carbocycles. The summed E-state index contributed by atoms with van der Waals surface area (Å²) in [5, 5.41) is 54.1. The van der Waals surface area contributed by atoms with Gasteiger partial charge in [-0.1, -0.05) is 0 Å². The smallest absolute Gasteiger partial charge is 0.272 e. The molecule has 11 nitrogen and oxygen atoms in total. The number of nitrogens with two attached hydrogens (primary N) is 1. The molecule has 7 N–H and O–H groups in total. The van der Waals surface area contributed by atoms with Crippen LogP contribution in [0.25, 0.3) is 5.76 Å². The number of nitrogens with one attached hydrogen (secondary N) is 1. The fourth-order valence-corrected chi connectivity index (χ4v) is 6.88. The summed E-state index contributed by atoms with van der Waals surface area (Å²) in [6, 6.07) is 0.658. The average Bonchev–Trinajstić information content (AvgIpc) is 2.81. The van der Waals surface area contributed by atoms with Gasteiger partial charge in [0.2, 0.25) is 5.78 Å². The second-order valence-electron chi connectivity index (χ2n) is 11.7. The number of phenolic OH excluding ortho intramolecular Hbond substituents is 1. The zero-order valence-electron chi connectivity index (χ0n) is 22.6. The maximum absolute atomic E-state index is 14.0. The van der Waals surface area contributed by atoms with Crippen LogP contribution in [0.5, 0.6) is 5.75 Å². The normalized spacial score (nSPS) is 29.6. The minimum Gasteiger partial charge on any atom is -0.510 e. The number of likely N-dealkylation sites (tertiary alicyclic amines) is 1. The van der Waals surface area contributed by atoms with Crippen LogP contribution in [-0.4, -0.2) is 106 Å². The van der Waals surface area contributed by atoms with Gasteiger partial charge in [0.1, 0.15) is 22.8 Å². The Balaban J connectivity index is 1.67. The number of primary amides is 1.